The van der Waals surface area contributed by atoms with Crippen molar-refractivity contribution in [2.75, 3.05) is 6.61 Å². The predicted octanol–water partition coefficient (Wildman–Crippen LogP) is 3.88. The van der Waals surface area contributed by atoms with Crippen LogP contribution in [0.1, 0.15) is 36.6 Å². The van der Waals surface area contributed by atoms with Gasteiger partial charge in [0.15, 0.2) is 6.61 Å². The number of alkyl halides is 3. The molecule has 0 bridgehead atoms. The molecule has 0 aliphatic heterocycles. The molecular formula is C20H19F3N4O2. The fourth-order valence-corrected chi connectivity index (χ4v) is 3.42. The lowest BCUT2D eigenvalue weighted by Gasteiger charge is -2.14. The monoisotopic (exact) mass is 404 g/mol. The molecule has 0 radical (unpaired) electrons. The molecule has 29 heavy (non-hydrogen) atoms. The van der Waals surface area contributed by atoms with Gasteiger partial charge in [0.1, 0.15) is 0 Å². The van der Waals surface area contributed by atoms with Crippen molar-refractivity contribution in [2.24, 2.45) is 5.92 Å². The Hall–Kier alpha value is -3.10. The van der Waals surface area contributed by atoms with Crippen LogP contribution in [-0.4, -0.2) is 33.6 Å². The van der Waals surface area contributed by atoms with E-state index < -0.39 is 18.8 Å². The number of halogens is 3. The van der Waals surface area contributed by atoms with Crippen LogP contribution in [0.4, 0.5) is 13.2 Å². The van der Waals surface area contributed by atoms with Crippen molar-refractivity contribution in [3.63, 3.8) is 0 Å². The number of hydrogen-bond donors (Lipinski definition) is 2. The largest absolute Gasteiger partial charge is 0.467 e. The van der Waals surface area contributed by atoms with Gasteiger partial charge in [-0.2, -0.15) is 13.2 Å². The summed E-state index contributed by atoms with van der Waals surface area (Å²) < 4.78 is 41.1. The summed E-state index contributed by atoms with van der Waals surface area (Å²) in [6.07, 6.45) is 0.643. The van der Waals surface area contributed by atoms with Crippen molar-refractivity contribution >= 4 is 16.8 Å². The van der Waals surface area contributed by atoms with Crippen LogP contribution >= 0.6 is 0 Å². The van der Waals surface area contributed by atoms with Gasteiger partial charge in [0.2, 0.25) is 11.8 Å². The van der Waals surface area contributed by atoms with E-state index in [0.717, 1.165) is 29.1 Å². The van der Waals surface area contributed by atoms with E-state index in [9.17, 15) is 18.0 Å². The molecule has 0 spiro atoms. The number of carbonyl (C=O) groups is 1. The zero-order valence-corrected chi connectivity index (χ0v) is 15.5. The third-order valence-electron chi connectivity index (χ3n) is 4.98. The van der Waals surface area contributed by atoms with Crippen LogP contribution in [0.25, 0.3) is 10.9 Å². The summed E-state index contributed by atoms with van der Waals surface area (Å²) in [7, 11) is 0. The summed E-state index contributed by atoms with van der Waals surface area (Å²) in [4.78, 5) is 23.7. The highest BCUT2D eigenvalue weighted by Crippen LogP contribution is 2.49. The molecule has 1 aliphatic carbocycles. The molecule has 152 valence electrons. The Morgan fingerprint density at radius 1 is 1.31 bits per heavy atom. The fourth-order valence-electron chi connectivity index (χ4n) is 3.42. The van der Waals surface area contributed by atoms with E-state index in [-0.39, 0.29) is 23.6 Å². The molecule has 1 aromatic carbocycles. The number of rotatable bonds is 6. The Kier molecular flexibility index (Phi) is 4.89. The molecule has 4 rings (SSSR count). The molecule has 3 atom stereocenters. The number of hydrogen-bond acceptors (Lipinski definition) is 4. The summed E-state index contributed by atoms with van der Waals surface area (Å²) in [6.45, 7) is 0.325. The highest BCUT2D eigenvalue weighted by atomic mass is 19.4. The molecule has 9 heteroatoms. The Morgan fingerprint density at radius 3 is 2.86 bits per heavy atom. The molecule has 1 amide bonds. The fraction of sp³-hybridized carbons (Fsp3) is 0.350. The lowest BCUT2D eigenvalue weighted by atomic mass is 10.1. The SMILES string of the molecule is C[C@@H](NC(=O)[C@H]1C[C@@H]1c1cccc2cc[nH]c12)c1cnc(OCC(F)(F)F)cn1. The predicted molar refractivity (Wildman–Crippen MR) is 99.3 cm³/mol. The van der Waals surface area contributed by atoms with E-state index in [1.807, 2.05) is 30.5 Å². The second-order valence-corrected chi connectivity index (χ2v) is 7.15. The van der Waals surface area contributed by atoms with Gasteiger partial charge in [-0.1, -0.05) is 18.2 Å². The van der Waals surface area contributed by atoms with Gasteiger partial charge < -0.3 is 15.0 Å². The lowest BCUT2D eigenvalue weighted by molar-refractivity contribution is -0.154. The van der Waals surface area contributed by atoms with Crippen molar-refractivity contribution in [3.8, 4) is 5.88 Å². The molecule has 1 aliphatic rings. The molecule has 3 aromatic rings. The third-order valence-corrected chi connectivity index (χ3v) is 4.98. The van der Waals surface area contributed by atoms with E-state index in [1.54, 1.807) is 6.92 Å². The van der Waals surface area contributed by atoms with Gasteiger partial charge in [-0.3, -0.25) is 9.78 Å². The number of aromatic amines is 1. The maximum atomic E-state index is 12.6. The van der Waals surface area contributed by atoms with E-state index in [4.69, 9.17) is 0 Å². The first-order valence-electron chi connectivity index (χ1n) is 9.19. The highest BCUT2D eigenvalue weighted by molar-refractivity contribution is 5.87. The quantitative estimate of drug-likeness (QED) is 0.654. The third kappa shape index (κ3) is 4.33. The average molecular weight is 404 g/mol. The summed E-state index contributed by atoms with van der Waals surface area (Å²) in [5.74, 6) is -0.251. The molecular weight excluding hydrogens is 385 g/mol. The Bertz CT molecular complexity index is 1020. The van der Waals surface area contributed by atoms with Crippen LogP contribution in [0.2, 0.25) is 0 Å². The summed E-state index contributed by atoms with van der Waals surface area (Å²) >= 11 is 0. The number of fused-ring (bicyclic) bond motifs is 1. The second kappa shape index (κ2) is 7.38. The minimum Gasteiger partial charge on any atom is -0.467 e. The summed E-state index contributed by atoms with van der Waals surface area (Å²) in [5, 5.41) is 4.02. The van der Waals surface area contributed by atoms with Gasteiger partial charge in [-0.05, 0) is 36.3 Å². The first-order valence-corrected chi connectivity index (χ1v) is 9.19. The van der Waals surface area contributed by atoms with Crippen molar-refractivity contribution < 1.29 is 22.7 Å². The number of ether oxygens (including phenoxy) is 1. The minimum atomic E-state index is -4.44. The van der Waals surface area contributed by atoms with Crippen LogP contribution in [0, 0.1) is 5.92 Å². The van der Waals surface area contributed by atoms with Gasteiger partial charge in [0.05, 0.1) is 24.1 Å². The van der Waals surface area contributed by atoms with Crippen LogP contribution in [-0.2, 0) is 4.79 Å². The molecule has 1 fully saturated rings. The van der Waals surface area contributed by atoms with Crippen molar-refractivity contribution in [1.29, 1.82) is 0 Å². The standard InChI is InChI=1S/C20H19F3N4O2/c1-11(16-8-26-17(9-25-16)29-10-20(21,22)23)27-19(28)15-7-14(15)13-4-2-3-12-5-6-24-18(12)13/h2-6,8-9,11,14-15,24H,7,10H2,1H3,(H,27,28)/t11-,14-,15+/m1/s1. The van der Waals surface area contributed by atoms with Crippen molar-refractivity contribution in [2.45, 2.75) is 31.5 Å². The maximum Gasteiger partial charge on any atom is 0.422 e. The zero-order chi connectivity index (χ0) is 20.6. The molecule has 2 heterocycles. The molecule has 6 nitrogen and oxygen atoms in total. The maximum absolute atomic E-state index is 12.6. The number of amides is 1. The summed E-state index contributed by atoms with van der Waals surface area (Å²) in [6, 6.07) is 7.62. The van der Waals surface area contributed by atoms with Gasteiger partial charge >= 0.3 is 6.18 Å². The van der Waals surface area contributed by atoms with E-state index >= 15 is 0 Å². The number of para-hydroxylation sites is 1. The average Bonchev–Trinajstić information content (AvgIpc) is 3.34. The Morgan fingerprint density at radius 2 is 2.14 bits per heavy atom. The van der Waals surface area contributed by atoms with Gasteiger partial charge in [-0.15, -0.1) is 0 Å². The number of carbonyl (C=O) groups excluding carboxylic acids is 1. The van der Waals surface area contributed by atoms with E-state index in [0.29, 0.717) is 5.69 Å². The van der Waals surface area contributed by atoms with Crippen molar-refractivity contribution in [1.82, 2.24) is 20.3 Å². The zero-order valence-electron chi connectivity index (χ0n) is 15.5. The van der Waals surface area contributed by atoms with Crippen LogP contribution in [0.15, 0.2) is 42.9 Å². The molecule has 0 saturated heterocycles. The Labute approximate surface area is 164 Å². The van der Waals surface area contributed by atoms with Gasteiger partial charge in [-0.25, -0.2) is 4.98 Å². The topological polar surface area (TPSA) is 79.9 Å². The van der Waals surface area contributed by atoms with Gasteiger partial charge in [0, 0.05) is 17.6 Å². The second-order valence-electron chi connectivity index (χ2n) is 7.15. The number of nitrogens with one attached hydrogen (secondary N) is 2. The summed E-state index contributed by atoms with van der Waals surface area (Å²) in [5.41, 5.74) is 2.63. The number of nitrogens with zero attached hydrogens (tertiary/aromatic N) is 2. The smallest absolute Gasteiger partial charge is 0.422 e. The van der Waals surface area contributed by atoms with Gasteiger partial charge in [0.25, 0.3) is 0 Å². The van der Waals surface area contributed by atoms with Crippen LogP contribution in [0.5, 0.6) is 5.88 Å². The van der Waals surface area contributed by atoms with Crippen molar-refractivity contribution in [3.05, 3.63) is 54.1 Å². The van der Waals surface area contributed by atoms with E-state index in [2.05, 4.69) is 25.0 Å². The number of benzene rings is 1. The van der Waals surface area contributed by atoms with Crippen LogP contribution < -0.4 is 10.1 Å². The first kappa shape index (κ1) is 19.2. The normalized spacial score (nSPS) is 19.7. The molecule has 1 saturated carbocycles. The lowest BCUT2D eigenvalue weighted by Crippen LogP contribution is -2.29. The number of H-pyrrole nitrogens is 1. The van der Waals surface area contributed by atoms with Crippen LogP contribution in [0.3, 0.4) is 0 Å². The molecule has 2 aromatic heterocycles. The Balaban J connectivity index is 1.35. The number of aromatic nitrogens is 3. The minimum absolute atomic E-state index is 0.0785. The molecule has 2 N–H and O–H groups in total. The van der Waals surface area contributed by atoms with E-state index in [1.165, 1.54) is 6.20 Å². The first-order chi connectivity index (χ1) is 13.8. The highest BCUT2D eigenvalue weighted by Gasteiger charge is 2.45. The molecule has 0 unspecified atom stereocenters.